The van der Waals surface area contributed by atoms with Crippen LogP contribution in [0.3, 0.4) is 0 Å². The fourth-order valence-electron chi connectivity index (χ4n) is 4.35. The predicted octanol–water partition coefficient (Wildman–Crippen LogP) is 4.28. The van der Waals surface area contributed by atoms with Crippen LogP contribution in [0.15, 0.2) is 69.9 Å². The molecule has 0 aliphatic carbocycles. The van der Waals surface area contributed by atoms with Gasteiger partial charge in [0, 0.05) is 18.2 Å². The lowest BCUT2D eigenvalue weighted by Crippen LogP contribution is -2.33. The van der Waals surface area contributed by atoms with Gasteiger partial charge in [-0.05, 0) is 55.0 Å². The summed E-state index contributed by atoms with van der Waals surface area (Å²) in [7, 11) is 1.51. The van der Waals surface area contributed by atoms with Crippen molar-refractivity contribution in [3.05, 3.63) is 97.7 Å². The molecule has 1 aromatic heterocycles. The van der Waals surface area contributed by atoms with Gasteiger partial charge in [0.2, 0.25) is 11.2 Å². The largest absolute Gasteiger partial charge is 0.497 e. The number of carbonyl (C=O) groups excluding carboxylic acids is 3. The van der Waals surface area contributed by atoms with Gasteiger partial charge in [0.25, 0.3) is 17.5 Å². The van der Waals surface area contributed by atoms with Gasteiger partial charge in [0.1, 0.15) is 16.9 Å². The number of esters is 1. The van der Waals surface area contributed by atoms with E-state index in [0.29, 0.717) is 16.9 Å². The van der Waals surface area contributed by atoms with Crippen LogP contribution in [0, 0.1) is 17.0 Å². The molecule has 1 aliphatic heterocycles. The van der Waals surface area contributed by atoms with Crippen molar-refractivity contribution >= 4 is 34.4 Å². The number of nitro groups is 1. The van der Waals surface area contributed by atoms with E-state index in [2.05, 4.69) is 0 Å². The molecule has 0 saturated carbocycles. The predicted molar refractivity (Wildman–Crippen MR) is 138 cm³/mol. The van der Waals surface area contributed by atoms with Gasteiger partial charge in [-0.15, -0.1) is 0 Å². The molecule has 0 spiro atoms. The summed E-state index contributed by atoms with van der Waals surface area (Å²) in [5.41, 5.74) is 0.0982. The van der Waals surface area contributed by atoms with Gasteiger partial charge < -0.3 is 13.9 Å². The summed E-state index contributed by atoms with van der Waals surface area (Å²) in [6.45, 7) is 1.44. The Morgan fingerprint density at radius 2 is 1.77 bits per heavy atom. The second-order valence-corrected chi connectivity index (χ2v) is 8.76. The molecule has 0 atom stereocenters. The number of benzene rings is 3. The highest BCUT2D eigenvalue weighted by molar-refractivity contribution is 6.23. The van der Waals surface area contributed by atoms with Gasteiger partial charge in [0.05, 0.1) is 29.4 Å². The number of hydrogen-bond acceptors (Lipinski definition) is 9. The molecule has 0 bridgehead atoms. The second-order valence-electron chi connectivity index (χ2n) is 8.76. The van der Waals surface area contributed by atoms with Crippen molar-refractivity contribution in [1.82, 2.24) is 4.90 Å². The molecule has 0 unspecified atom stereocenters. The summed E-state index contributed by atoms with van der Waals surface area (Å²) in [6.07, 6.45) is -0.466. The Kier molecular flexibility index (Phi) is 6.40. The SMILES string of the molecule is COc1ccc(-c2oc3cc(C)ccc3c(=O)c2OC(=O)CCN2C(=O)c3cccc([N+](=O)[O-])c3C2=O)cc1. The van der Waals surface area contributed by atoms with Crippen LogP contribution < -0.4 is 14.9 Å². The lowest BCUT2D eigenvalue weighted by Gasteiger charge is -2.14. The number of hydrogen-bond donors (Lipinski definition) is 0. The van der Waals surface area contributed by atoms with Crippen molar-refractivity contribution in [3.8, 4) is 22.8 Å². The molecule has 2 amide bonds. The van der Waals surface area contributed by atoms with Gasteiger partial charge in [-0.25, -0.2) is 0 Å². The minimum absolute atomic E-state index is 0.0189. The van der Waals surface area contributed by atoms with E-state index in [1.54, 1.807) is 42.5 Å². The molecule has 4 aromatic rings. The number of carbonyl (C=O) groups is 3. The fourth-order valence-corrected chi connectivity index (χ4v) is 4.35. The topological polar surface area (TPSA) is 146 Å². The van der Waals surface area contributed by atoms with Gasteiger partial charge in [-0.1, -0.05) is 12.1 Å². The van der Waals surface area contributed by atoms with Crippen molar-refractivity contribution in [3.63, 3.8) is 0 Å². The monoisotopic (exact) mass is 528 g/mol. The number of fused-ring (bicyclic) bond motifs is 2. The minimum atomic E-state index is -0.908. The molecule has 0 saturated heterocycles. The molecule has 0 fully saturated rings. The number of rotatable bonds is 7. The summed E-state index contributed by atoms with van der Waals surface area (Å²) in [5.74, 6) is -2.31. The maximum absolute atomic E-state index is 13.4. The molecule has 3 aromatic carbocycles. The molecule has 2 heterocycles. The number of imide groups is 1. The van der Waals surface area contributed by atoms with Crippen LogP contribution in [0.25, 0.3) is 22.3 Å². The Hall–Kier alpha value is -5.32. The summed E-state index contributed by atoms with van der Waals surface area (Å²) >= 11 is 0. The average molecular weight is 528 g/mol. The van der Waals surface area contributed by atoms with Crippen LogP contribution in [-0.2, 0) is 4.79 Å². The van der Waals surface area contributed by atoms with E-state index in [0.717, 1.165) is 16.5 Å². The van der Waals surface area contributed by atoms with Crippen molar-refractivity contribution in [1.29, 1.82) is 0 Å². The molecule has 0 radical (unpaired) electrons. The molecular weight excluding hydrogens is 508 g/mol. The lowest BCUT2D eigenvalue weighted by atomic mass is 10.1. The molecule has 11 nitrogen and oxygen atoms in total. The third-order valence-corrected chi connectivity index (χ3v) is 6.29. The summed E-state index contributed by atoms with van der Waals surface area (Å²) in [4.78, 5) is 63.1. The van der Waals surface area contributed by atoms with Crippen LogP contribution >= 0.6 is 0 Å². The zero-order valence-electron chi connectivity index (χ0n) is 20.8. The molecule has 196 valence electrons. The maximum atomic E-state index is 13.4. The number of aryl methyl sites for hydroxylation is 1. The van der Waals surface area contributed by atoms with E-state index in [4.69, 9.17) is 13.9 Å². The van der Waals surface area contributed by atoms with E-state index in [1.807, 2.05) is 6.92 Å². The highest BCUT2D eigenvalue weighted by atomic mass is 16.6. The van der Waals surface area contributed by atoms with Crippen molar-refractivity contribution in [2.75, 3.05) is 13.7 Å². The van der Waals surface area contributed by atoms with Crippen LogP contribution in [-0.4, -0.2) is 41.3 Å². The number of ether oxygens (including phenoxy) is 2. The first-order valence-electron chi connectivity index (χ1n) is 11.8. The summed E-state index contributed by atoms with van der Waals surface area (Å²) in [5, 5.41) is 11.5. The molecular formula is C28H20N2O9. The van der Waals surface area contributed by atoms with Crippen molar-refractivity contribution in [2.24, 2.45) is 0 Å². The van der Waals surface area contributed by atoms with Gasteiger partial charge in [-0.3, -0.25) is 34.2 Å². The number of methoxy groups -OCH3 is 1. The van der Waals surface area contributed by atoms with Crippen molar-refractivity contribution < 1.29 is 33.2 Å². The van der Waals surface area contributed by atoms with Gasteiger partial charge in [0.15, 0.2) is 5.76 Å². The van der Waals surface area contributed by atoms with Crippen molar-refractivity contribution in [2.45, 2.75) is 13.3 Å². The first-order chi connectivity index (χ1) is 18.7. The van der Waals surface area contributed by atoms with E-state index < -0.39 is 46.8 Å². The smallest absolute Gasteiger partial charge is 0.313 e. The molecule has 1 aliphatic rings. The molecule has 5 rings (SSSR count). The zero-order valence-corrected chi connectivity index (χ0v) is 20.8. The Bertz CT molecular complexity index is 1740. The lowest BCUT2D eigenvalue weighted by molar-refractivity contribution is -0.385. The minimum Gasteiger partial charge on any atom is -0.497 e. The maximum Gasteiger partial charge on any atom is 0.313 e. The first-order valence-corrected chi connectivity index (χ1v) is 11.8. The Morgan fingerprint density at radius 1 is 1.03 bits per heavy atom. The van der Waals surface area contributed by atoms with E-state index in [-0.39, 0.29) is 28.0 Å². The number of nitro benzene ring substituents is 1. The van der Waals surface area contributed by atoms with Gasteiger partial charge in [-0.2, -0.15) is 0 Å². The van der Waals surface area contributed by atoms with E-state index in [1.165, 1.54) is 19.2 Å². The fraction of sp³-hybridized carbons (Fsp3) is 0.143. The average Bonchev–Trinajstić information content (AvgIpc) is 3.17. The van der Waals surface area contributed by atoms with Gasteiger partial charge >= 0.3 is 5.97 Å². The normalized spacial score (nSPS) is 12.5. The van der Waals surface area contributed by atoms with E-state index in [9.17, 15) is 29.3 Å². The Balaban J connectivity index is 1.43. The van der Waals surface area contributed by atoms with Crippen LogP contribution in [0.5, 0.6) is 11.5 Å². The number of nitrogens with zero attached hydrogens (tertiary/aromatic N) is 2. The standard InChI is InChI=1S/C28H20N2O9/c1-15-6-11-18-21(14-15)38-25(16-7-9-17(37-2)10-8-16)26(24(18)32)39-22(31)12-13-29-27(33)19-4-3-5-20(30(35)36)23(19)28(29)34/h3-11,14H,12-13H2,1-2H3. The highest BCUT2D eigenvalue weighted by Crippen LogP contribution is 2.33. The third-order valence-electron chi connectivity index (χ3n) is 6.29. The quantitative estimate of drug-likeness (QED) is 0.148. The van der Waals surface area contributed by atoms with E-state index >= 15 is 0 Å². The molecule has 11 heteroatoms. The highest BCUT2D eigenvalue weighted by Gasteiger charge is 2.41. The zero-order chi connectivity index (χ0) is 27.8. The summed E-state index contributed by atoms with van der Waals surface area (Å²) in [6, 6.07) is 15.3. The third kappa shape index (κ3) is 4.50. The Labute approximate surface area is 220 Å². The van der Waals surface area contributed by atoms with Crippen LogP contribution in [0.1, 0.15) is 32.7 Å². The Morgan fingerprint density at radius 3 is 2.46 bits per heavy atom. The molecule has 39 heavy (non-hydrogen) atoms. The summed E-state index contributed by atoms with van der Waals surface area (Å²) < 4.78 is 16.6. The molecule has 0 N–H and O–H groups in total. The number of amides is 2. The van der Waals surface area contributed by atoms with Crippen LogP contribution in [0.2, 0.25) is 0 Å². The first kappa shape index (κ1) is 25.3. The second kappa shape index (κ2) is 9.86. The van der Waals surface area contributed by atoms with Crippen LogP contribution in [0.4, 0.5) is 5.69 Å².